The van der Waals surface area contributed by atoms with Gasteiger partial charge >= 0.3 is 0 Å². The van der Waals surface area contributed by atoms with E-state index in [0.29, 0.717) is 0 Å². The maximum atomic E-state index is 8.00. The monoisotopic (exact) mass is 312 g/mol. The molecule has 3 nitrogen and oxygen atoms in total. The Balaban J connectivity index is -0.00000000500. The first-order chi connectivity index (χ1) is 3.00. The molecule has 5 heteroatoms. The van der Waals surface area contributed by atoms with Gasteiger partial charge in [0.1, 0.15) is 20.4 Å². The normalized spacial score (nSPS) is 1.50. The Morgan fingerprint density at radius 2 is 0.625 bits per heavy atom. The van der Waals surface area contributed by atoms with Crippen molar-refractivity contribution in [3.8, 4) is 0 Å². The van der Waals surface area contributed by atoms with Gasteiger partial charge in [-0.3, -0.25) is 0 Å². The quantitative estimate of drug-likeness (QED) is 0.465. The van der Waals surface area contributed by atoms with E-state index in [2.05, 4.69) is 0 Å². The minimum Gasteiger partial charge on any atom is -1.00 e. The number of rotatable bonds is 0. The predicted molar refractivity (Wildman–Crippen MR) is 21.4 cm³/mol. The zero-order valence-corrected chi connectivity index (χ0v) is 7.57. The fourth-order valence-corrected chi connectivity index (χ4v) is 0. The summed E-state index contributed by atoms with van der Waals surface area (Å²) in [7, 11) is 0. The van der Waals surface area contributed by atoms with Crippen LogP contribution in [0.4, 0.5) is 0 Å². The van der Waals surface area contributed by atoms with E-state index in [1.165, 1.54) is 0 Å². The van der Waals surface area contributed by atoms with Crippen molar-refractivity contribution < 1.29 is 47.2 Å². The molecule has 0 rings (SSSR count). The van der Waals surface area contributed by atoms with E-state index < -0.39 is 0 Å². The first-order valence-corrected chi connectivity index (χ1v) is 0.866. The molecule has 0 amide bonds. The number of hydrogen-bond donors (Lipinski definition) is 0. The SMILES string of the molecule is C=O.C=O.C=O.[Cl-].[Re]. The molecule has 0 heterocycles. The number of halogens is 1. The van der Waals surface area contributed by atoms with Gasteiger partial charge in [0.15, 0.2) is 0 Å². The third-order valence-corrected chi connectivity index (χ3v) is 0. The van der Waals surface area contributed by atoms with Crippen LogP contribution in [-0.2, 0) is 34.8 Å². The molecule has 0 unspecified atom stereocenters. The number of hydrogen-bond acceptors (Lipinski definition) is 3. The van der Waals surface area contributed by atoms with E-state index >= 15 is 0 Å². The summed E-state index contributed by atoms with van der Waals surface area (Å²) in [6.07, 6.45) is 0. The summed E-state index contributed by atoms with van der Waals surface area (Å²) in [6, 6.07) is 0. The topological polar surface area (TPSA) is 51.2 Å². The van der Waals surface area contributed by atoms with E-state index in [0.717, 1.165) is 0 Å². The van der Waals surface area contributed by atoms with Crippen LogP contribution in [0.2, 0.25) is 0 Å². The summed E-state index contributed by atoms with van der Waals surface area (Å²) < 4.78 is 0. The standard InChI is InChI=1S/3CH2O.ClH.Re/c3*1-2;;/h3*1H2;1H;/p-1. The number of carbonyl (C=O) groups excluding carboxylic acids is 3. The molecule has 0 N–H and O–H groups in total. The fourth-order valence-electron chi connectivity index (χ4n) is 0. The molecule has 1 radical (unpaired) electrons. The first kappa shape index (κ1) is 44.0. The van der Waals surface area contributed by atoms with E-state index in [4.69, 9.17) is 14.4 Å². The molecule has 51 valence electrons. The van der Waals surface area contributed by atoms with Crippen LogP contribution >= 0.6 is 0 Å². The van der Waals surface area contributed by atoms with Gasteiger partial charge in [-0.1, -0.05) is 0 Å². The van der Waals surface area contributed by atoms with Gasteiger partial charge in [-0.15, -0.1) is 0 Å². The fraction of sp³-hybridized carbons (Fsp3) is 0. The Kier molecular flexibility index (Phi) is 959000. The molecule has 0 bridgehead atoms. The average Bonchev–Trinajstić information content (AvgIpc) is 1.81. The third-order valence-electron chi connectivity index (χ3n) is 0. The molecular formula is C3H6ClO3Re-. The zero-order valence-electron chi connectivity index (χ0n) is 4.10. The summed E-state index contributed by atoms with van der Waals surface area (Å²) in [5.41, 5.74) is 0. The van der Waals surface area contributed by atoms with Crippen molar-refractivity contribution in [3.63, 3.8) is 0 Å². The smallest absolute Gasteiger partial charge is 0.106 e. The Morgan fingerprint density at radius 1 is 0.625 bits per heavy atom. The molecule has 0 aliphatic rings. The second kappa shape index (κ2) is 174000. The van der Waals surface area contributed by atoms with Crippen molar-refractivity contribution in [2.24, 2.45) is 0 Å². The Hall–Kier alpha value is -0.0377. The van der Waals surface area contributed by atoms with Gasteiger partial charge in [-0.2, -0.15) is 0 Å². The van der Waals surface area contributed by atoms with Crippen LogP contribution < -0.4 is 12.4 Å². The van der Waals surface area contributed by atoms with E-state index in [-0.39, 0.29) is 32.8 Å². The van der Waals surface area contributed by atoms with Crippen molar-refractivity contribution in [2.45, 2.75) is 0 Å². The molecule has 0 saturated heterocycles. The van der Waals surface area contributed by atoms with Gasteiger partial charge in [-0.05, 0) is 0 Å². The first-order valence-electron chi connectivity index (χ1n) is 0.866. The van der Waals surface area contributed by atoms with E-state index in [1.807, 2.05) is 20.4 Å². The van der Waals surface area contributed by atoms with Crippen molar-refractivity contribution >= 4 is 20.4 Å². The van der Waals surface area contributed by atoms with Gasteiger partial charge in [0, 0.05) is 20.4 Å². The molecule has 0 spiro atoms. The summed E-state index contributed by atoms with van der Waals surface area (Å²) >= 11 is 0. The minimum atomic E-state index is 0. The van der Waals surface area contributed by atoms with Crippen molar-refractivity contribution in [1.29, 1.82) is 0 Å². The number of carbonyl (C=O) groups is 3. The molecule has 0 aromatic carbocycles. The average molecular weight is 312 g/mol. The molecular weight excluding hydrogens is 306 g/mol. The van der Waals surface area contributed by atoms with Gasteiger partial charge < -0.3 is 26.8 Å². The minimum absolute atomic E-state index is 0. The Bertz CT molecular complexity index is 19.2. The van der Waals surface area contributed by atoms with Gasteiger partial charge in [0.25, 0.3) is 0 Å². The van der Waals surface area contributed by atoms with Crippen LogP contribution in [0.1, 0.15) is 0 Å². The summed E-state index contributed by atoms with van der Waals surface area (Å²) in [4.78, 5) is 24.0. The molecule has 0 saturated carbocycles. The molecule has 0 aliphatic carbocycles. The summed E-state index contributed by atoms with van der Waals surface area (Å²) in [5, 5.41) is 0. The second-order valence-corrected chi connectivity index (χ2v) is 0. The van der Waals surface area contributed by atoms with E-state index in [1.54, 1.807) is 0 Å². The molecule has 0 aromatic rings. The second-order valence-electron chi connectivity index (χ2n) is 0. The third kappa shape index (κ3) is 104000. The van der Waals surface area contributed by atoms with Crippen LogP contribution in [0.3, 0.4) is 0 Å². The van der Waals surface area contributed by atoms with Crippen molar-refractivity contribution in [2.75, 3.05) is 0 Å². The van der Waals surface area contributed by atoms with Gasteiger partial charge in [0.05, 0.1) is 0 Å². The Labute approximate surface area is 67.9 Å². The predicted octanol–water partition coefficient (Wildman–Crippen LogP) is -3.55. The molecule has 0 aromatic heterocycles. The van der Waals surface area contributed by atoms with Gasteiger partial charge in [-0.25, -0.2) is 0 Å². The molecule has 0 fully saturated rings. The zero-order chi connectivity index (χ0) is 6.00. The largest absolute Gasteiger partial charge is 1.00 e. The van der Waals surface area contributed by atoms with Crippen LogP contribution in [-0.4, -0.2) is 20.4 Å². The van der Waals surface area contributed by atoms with Crippen molar-refractivity contribution in [3.05, 3.63) is 0 Å². The Morgan fingerprint density at radius 3 is 0.625 bits per heavy atom. The van der Waals surface area contributed by atoms with Crippen LogP contribution in [0, 0.1) is 0 Å². The van der Waals surface area contributed by atoms with Crippen molar-refractivity contribution in [1.82, 2.24) is 0 Å². The van der Waals surface area contributed by atoms with Crippen LogP contribution in [0.5, 0.6) is 0 Å². The van der Waals surface area contributed by atoms with Crippen LogP contribution in [0.25, 0.3) is 0 Å². The van der Waals surface area contributed by atoms with Crippen LogP contribution in [0.15, 0.2) is 0 Å². The summed E-state index contributed by atoms with van der Waals surface area (Å²) in [6.45, 7) is 6.00. The maximum Gasteiger partial charge on any atom is 0.106 e. The van der Waals surface area contributed by atoms with Gasteiger partial charge in [0.2, 0.25) is 0 Å². The molecule has 0 aliphatic heterocycles. The summed E-state index contributed by atoms with van der Waals surface area (Å²) in [5.74, 6) is 0. The molecule has 0 atom stereocenters. The van der Waals surface area contributed by atoms with E-state index in [9.17, 15) is 0 Å². The maximum absolute atomic E-state index is 8.00. The molecule has 8 heavy (non-hydrogen) atoms.